The molecule has 0 saturated heterocycles. The quantitative estimate of drug-likeness (QED) is 0.738. The fourth-order valence-electron chi connectivity index (χ4n) is 2.20. The molecule has 1 heterocycles. The number of hydrogen-bond acceptors (Lipinski definition) is 3. The van der Waals surface area contributed by atoms with Gasteiger partial charge in [0.15, 0.2) is 5.82 Å². The Kier molecular flexibility index (Phi) is 4.38. The minimum absolute atomic E-state index is 0.0430. The predicted octanol–water partition coefficient (Wildman–Crippen LogP) is 4.01. The summed E-state index contributed by atoms with van der Waals surface area (Å²) < 4.78 is 0. The average molecular weight is 361 g/mol. The number of carboxylic acids is 1. The van der Waals surface area contributed by atoms with Gasteiger partial charge in [0.1, 0.15) is 0 Å². The number of carbonyl (C=O) groups is 1. The number of aromatic nitrogens is 2. The Morgan fingerprint density at radius 3 is 2.71 bits per heavy atom. The molecule has 5 nitrogen and oxygen atoms in total. The first-order valence-corrected chi connectivity index (χ1v) is 7.60. The van der Waals surface area contributed by atoms with E-state index in [0.717, 1.165) is 5.56 Å². The Labute approximate surface area is 146 Å². The summed E-state index contributed by atoms with van der Waals surface area (Å²) in [6.07, 6.45) is 1.61. The van der Waals surface area contributed by atoms with Crippen molar-refractivity contribution in [3.63, 3.8) is 0 Å². The summed E-state index contributed by atoms with van der Waals surface area (Å²) in [6.45, 7) is 0. The molecule has 0 spiro atoms. The van der Waals surface area contributed by atoms with Crippen molar-refractivity contribution in [2.45, 2.75) is 0 Å². The number of aromatic carboxylic acids is 1. The van der Waals surface area contributed by atoms with Gasteiger partial charge < -0.3 is 10.1 Å². The van der Waals surface area contributed by atoms with Gasteiger partial charge in [-0.05, 0) is 42.0 Å². The Morgan fingerprint density at radius 2 is 2.00 bits per heavy atom. The lowest BCUT2D eigenvalue weighted by Crippen LogP contribution is -2.11. The molecule has 0 amide bonds. The molecule has 7 heteroatoms. The zero-order chi connectivity index (χ0) is 17.3. The number of nitrogens with one attached hydrogen (secondary N) is 1. The van der Waals surface area contributed by atoms with Crippen molar-refractivity contribution in [2.75, 3.05) is 0 Å². The number of benzene rings is 2. The lowest BCUT2D eigenvalue weighted by Gasteiger charge is -2.03. The molecule has 0 aliphatic carbocycles. The van der Waals surface area contributed by atoms with Gasteiger partial charge in [-0.1, -0.05) is 35.3 Å². The molecule has 0 atom stereocenters. The molecule has 3 aromatic rings. The average Bonchev–Trinajstić information content (AvgIpc) is 2.54. The molecule has 0 bridgehead atoms. The lowest BCUT2D eigenvalue weighted by atomic mass is 10.1. The van der Waals surface area contributed by atoms with Crippen LogP contribution in [-0.4, -0.2) is 21.0 Å². The number of aromatic amines is 1. The number of halogens is 2. The van der Waals surface area contributed by atoms with Crippen LogP contribution in [0.1, 0.15) is 21.7 Å². The highest BCUT2D eigenvalue weighted by atomic mass is 35.5. The molecule has 0 radical (unpaired) electrons. The van der Waals surface area contributed by atoms with Gasteiger partial charge >= 0.3 is 5.97 Å². The molecule has 3 rings (SSSR count). The van der Waals surface area contributed by atoms with Gasteiger partial charge in [-0.3, -0.25) is 4.79 Å². The van der Waals surface area contributed by atoms with E-state index >= 15 is 0 Å². The molecule has 0 aliphatic rings. The van der Waals surface area contributed by atoms with E-state index in [0.29, 0.717) is 5.02 Å². The predicted molar refractivity (Wildman–Crippen MR) is 94.5 cm³/mol. The topological polar surface area (TPSA) is 83.0 Å². The summed E-state index contributed by atoms with van der Waals surface area (Å²) in [7, 11) is 0. The number of H-pyrrole nitrogens is 1. The molecule has 0 saturated carbocycles. The second-order valence-electron chi connectivity index (χ2n) is 5.00. The van der Waals surface area contributed by atoms with Crippen molar-refractivity contribution in [1.29, 1.82) is 0 Å². The van der Waals surface area contributed by atoms with E-state index in [9.17, 15) is 9.59 Å². The largest absolute Gasteiger partial charge is 0.478 e. The standard InChI is InChI=1S/C17H10Cl2N2O3/c18-11-3-1-2-9(6-11)7-13(19)15-20-14-8-10(17(23)24)4-5-12(14)16(22)21-15/h1-8H,(H,23,24)(H,20,21,22)/b13-7-. The van der Waals surface area contributed by atoms with Crippen molar-refractivity contribution in [3.05, 3.63) is 74.8 Å². The van der Waals surface area contributed by atoms with Crippen LogP contribution in [0.25, 0.3) is 22.0 Å². The Balaban J connectivity index is 2.12. The minimum Gasteiger partial charge on any atom is -0.478 e. The second kappa shape index (κ2) is 6.47. The number of fused-ring (bicyclic) bond motifs is 1. The van der Waals surface area contributed by atoms with E-state index in [1.165, 1.54) is 18.2 Å². The normalized spacial score (nSPS) is 11.7. The van der Waals surface area contributed by atoms with Gasteiger partial charge in [0.05, 0.1) is 21.5 Å². The highest BCUT2D eigenvalue weighted by molar-refractivity contribution is 6.50. The van der Waals surface area contributed by atoms with Crippen molar-refractivity contribution in [3.8, 4) is 0 Å². The highest BCUT2D eigenvalue weighted by Gasteiger charge is 2.10. The van der Waals surface area contributed by atoms with E-state index in [-0.39, 0.29) is 27.3 Å². The van der Waals surface area contributed by atoms with Crippen LogP contribution in [0.3, 0.4) is 0 Å². The molecule has 120 valence electrons. The summed E-state index contributed by atoms with van der Waals surface area (Å²) in [6, 6.07) is 11.1. The molecule has 0 aliphatic heterocycles. The maximum atomic E-state index is 12.1. The van der Waals surface area contributed by atoms with Crippen molar-refractivity contribution >= 4 is 51.2 Å². The van der Waals surface area contributed by atoms with Crippen LogP contribution in [0.15, 0.2) is 47.3 Å². The van der Waals surface area contributed by atoms with E-state index in [1.807, 2.05) is 0 Å². The summed E-state index contributed by atoms with van der Waals surface area (Å²) >= 11 is 12.2. The van der Waals surface area contributed by atoms with E-state index in [2.05, 4.69) is 9.97 Å². The smallest absolute Gasteiger partial charge is 0.335 e. The van der Waals surface area contributed by atoms with Gasteiger partial charge in [0.25, 0.3) is 5.56 Å². The SMILES string of the molecule is O=C(O)c1ccc2c(=O)[nH]c(/C(Cl)=C/c3cccc(Cl)c3)nc2c1. The lowest BCUT2D eigenvalue weighted by molar-refractivity contribution is 0.0697. The summed E-state index contributed by atoms with van der Waals surface area (Å²) in [5.41, 5.74) is 0.645. The molecular formula is C17H10Cl2N2O3. The molecule has 0 fully saturated rings. The van der Waals surface area contributed by atoms with Crippen LogP contribution in [0, 0.1) is 0 Å². The van der Waals surface area contributed by atoms with Gasteiger partial charge in [0, 0.05) is 5.02 Å². The van der Waals surface area contributed by atoms with E-state index < -0.39 is 11.5 Å². The molecule has 0 unspecified atom stereocenters. The third kappa shape index (κ3) is 3.32. The van der Waals surface area contributed by atoms with Crippen LogP contribution in [0.2, 0.25) is 5.02 Å². The van der Waals surface area contributed by atoms with E-state index in [4.69, 9.17) is 28.3 Å². The summed E-state index contributed by atoms with van der Waals surface area (Å²) in [5.74, 6) is -0.947. The number of carboxylic acid groups (broad SMARTS) is 1. The maximum Gasteiger partial charge on any atom is 0.335 e. The Hall–Kier alpha value is -2.63. The van der Waals surface area contributed by atoms with Crippen molar-refractivity contribution < 1.29 is 9.90 Å². The van der Waals surface area contributed by atoms with E-state index in [1.54, 1.807) is 30.3 Å². The number of nitrogens with zero attached hydrogens (tertiary/aromatic N) is 1. The van der Waals surface area contributed by atoms with Gasteiger partial charge in [0.2, 0.25) is 0 Å². The van der Waals surface area contributed by atoms with Gasteiger partial charge in [-0.15, -0.1) is 0 Å². The first-order chi connectivity index (χ1) is 11.4. The third-order valence-electron chi connectivity index (χ3n) is 3.32. The molecule has 2 N–H and O–H groups in total. The fraction of sp³-hybridized carbons (Fsp3) is 0. The zero-order valence-electron chi connectivity index (χ0n) is 12.1. The second-order valence-corrected chi connectivity index (χ2v) is 5.84. The van der Waals surface area contributed by atoms with Crippen LogP contribution >= 0.6 is 23.2 Å². The van der Waals surface area contributed by atoms with Crippen LogP contribution < -0.4 is 5.56 Å². The van der Waals surface area contributed by atoms with Crippen LogP contribution in [0.4, 0.5) is 0 Å². The Morgan fingerprint density at radius 1 is 1.21 bits per heavy atom. The maximum absolute atomic E-state index is 12.1. The monoisotopic (exact) mass is 360 g/mol. The van der Waals surface area contributed by atoms with Gasteiger partial charge in [-0.2, -0.15) is 0 Å². The molecule has 24 heavy (non-hydrogen) atoms. The molecular weight excluding hydrogens is 351 g/mol. The van der Waals surface area contributed by atoms with Crippen LogP contribution in [-0.2, 0) is 0 Å². The van der Waals surface area contributed by atoms with Crippen molar-refractivity contribution in [2.24, 2.45) is 0 Å². The third-order valence-corrected chi connectivity index (χ3v) is 3.84. The Bertz CT molecular complexity index is 1040. The molecule has 1 aromatic heterocycles. The first-order valence-electron chi connectivity index (χ1n) is 6.84. The van der Waals surface area contributed by atoms with Crippen LogP contribution in [0.5, 0.6) is 0 Å². The zero-order valence-corrected chi connectivity index (χ0v) is 13.6. The highest BCUT2D eigenvalue weighted by Crippen LogP contribution is 2.21. The summed E-state index contributed by atoms with van der Waals surface area (Å²) in [4.78, 5) is 30.0. The van der Waals surface area contributed by atoms with Crippen molar-refractivity contribution in [1.82, 2.24) is 9.97 Å². The molecule has 2 aromatic carbocycles. The summed E-state index contributed by atoms with van der Waals surface area (Å²) in [5, 5.41) is 10.1. The minimum atomic E-state index is -1.10. The van der Waals surface area contributed by atoms with Gasteiger partial charge in [-0.25, -0.2) is 9.78 Å². The number of rotatable bonds is 3. The number of hydrogen-bond donors (Lipinski definition) is 2. The first kappa shape index (κ1) is 16.2. The fourth-order valence-corrected chi connectivity index (χ4v) is 2.61.